The van der Waals surface area contributed by atoms with Gasteiger partial charge >= 0.3 is 0 Å². The van der Waals surface area contributed by atoms with E-state index in [1.807, 2.05) is 24.3 Å². The molecule has 2 amide bonds. The van der Waals surface area contributed by atoms with Crippen LogP contribution in [0.25, 0.3) is 0 Å². The zero-order valence-corrected chi connectivity index (χ0v) is 13.2. The van der Waals surface area contributed by atoms with Crippen molar-refractivity contribution in [2.45, 2.75) is 32.1 Å². The Kier molecular flexibility index (Phi) is 3.86. The van der Waals surface area contributed by atoms with E-state index in [1.165, 1.54) is 18.1 Å². The Labute approximate surface area is 135 Å². The first-order valence-corrected chi connectivity index (χ1v) is 7.57. The van der Waals surface area contributed by atoms with E-state index in [1.54, 1.807) is 6.20 Å². The van der Waals surface area contributed by atoms with Gasteiger partial charge in [-0.2, -0.15) is 0 Å². The Morgan fingerprint density at radius 1 is 1.26 bits per heavy atom. The minimum absolute atomic E-state index is 0.124. The van der Waals surface area contributed by atoms with Gasteiger partial charge < -0.3 is 10.6 Å². The number of hydrogen-bond donors (Lipinski definition) is 2. The van der Waals surface area contributed by atoms with Gasteiger partial charge in [0.25, 0.3) is 0 Å². The predicted octanol–water partition coefficient (Wildman–Crippen LogP) is 2.66. The van der Waals surface area contributed by atoms with Gasteiger partial charge in [0, 0.05) is 29.8 Å². The van der Waals surface area contributed by atoms with E-state index < -0.39 is 0 Å². The van der Waals surface area contributed by atoms with Gasteiger partial charge in [0.05, 0.1) is 0 Å². The summed E-state index contributed by atoms with van der Waals surface area (Å²) in [7, 11) is 0. The summed E-state index contributed by atoms with van der Waals surface area (Å²) in [5.74, 6) is 0.503. The molecule has 0 radical (unpaired) electrons. The number of nitrogens with zero attached hydrogens (tertiary/aromatic N) is 1. The van der Waals surface area contributed by atoms with E-state index in [0.29, 0.717) is 12.2 Å². The minimum atomic E-state index is -0.131. The number of hydrogen-bond acceptors (Lipinski definition) is 3. The predicted molar refractivity (Wildman–Crippen MR) is 89.4 cm³/mol. The summed E-state index contributed by atoms with van der Waals surface area (Å²) in [6.45, 7) is 3.67. The SMILES string of the molecule is CC(=O)Nc1ncccc1C1(C)Cc2ccc(NC=O)cc2C1. The molecular formula is C18H19N3O2. The second-order valence-corrected chi connectivity index (χ2v) is 6.24. The molecule has 0 aliphatic heterocycles. The van der Waals surface area contributed by atoms with Crippen LogP contribution < -0.4 is 10.6 Å². The van der Waals surface area contributed by atoms with Crippen molar-refractivity contribution < 1.29 is 9.59 Å². The van der Waals surface area contributed by atoms with Crippen molar-refractivity contribution in [3.8, 4) is 0 Å². The zero-order valence-electron chi connectivity index (χ0n) is 13.2. The first-order chi connectivity index (χ1) is 11.0. The number of fused-ring (bicyclic) bond motifs is 1. The molecule has 5 nitrogen and oxygen atoms in total. The molecule has 1 atom stereocenters. The second-order valence-electron chi connectivity index (χ2n) is 6.24. The second kappa shape index (κ2) is 5.83. The largest absolute Gasteiger partial charge is 0.329 e. The van der Waals surface area contributed by atoms with Crippen LogP contribution in [0.3, 0.4) is 0 Å². The zero-order chi connectivity index (χ0) is 16.4. The van der Waals surface area contributed by atoms with Gasteiger partial charge in [0.1, 0.15) is 5.82 Å². The topological polar surface area (TPSA) is 71.1 Å². The van der Waals surface area contributed by atoms with Crippen molar-refractivity contribution in [1.82, 2.24) is 4.98 Å². The molecule has 1 unspecified atom stereocenters. The van der Waals surface area contributed by atoms with Crippen LogP contribution in [-0.4, -0.2) is 17.3 Å². The number of carbonyl (C=O) groups excluding carboxylic acids is 2. The van der Waals surface area contributed by atoms with Crippen LogP contribution in [0.2, 0.25) is 0 Å². The van der Waals surface area contributed by atoms with Crippen molar-refractivity contribution in [3.05, 3.63) is 53.2 Å². The fourth-order valence-corrected chi connectivity index (χ4v) is 3.37. The number of carbonyl (C=O) groups is 2. The molecule has 2 N–H and O–H groups in total. The van der Waals surface area contributed by atoms with Crippen molar-refractivity contribution in [2.75, 3.05) is 10.6 Å². The molecule has 118 valence electrons. The van der Waals surface area contributed by atoms with Gasteiger partial charge in [-0.1, -0.05) is 19.1 Å². The van der Waals surface area contributed by atoms with Gasteiger partial charge in [0.15, 0.2) is 0 Å². The van der Waals surface area contributed by atoms with Crippen molar-refractivity contribution in [3.63, 3.8) is 0 Å². The maximum absolute atomic E-state index is 11.4. The van der Waals surface area contributed by atoms with E-state index in [4.69, 9.17) is 0 Å². The summed E-state index contributed by atoms with van der Waals surface area (Å²) in [5.41, 5.74) is 4.19. The highest BCUT2D eigenvalue weighted by Crippen LogP contribution is 2.42. The quantitative estimate of drug-likeness (QED) is 0.853. The summed E-state index contributed by atoms with van der Waals surface area (Å²) in [6.07, 6.45) is 4.09. The Hall–Kier alpha value is -2.69. The third-order valence-corrected chi connectivity index (χ3v) is 4.35. The molecule has 1 aliphatic carbocycles. The average molecular weight is 309 g/mol. The minimum Gasteiger partial charge on any atom is -0.329 e. The summed E-state index contributed by atoms with van der Waals surface area (Å²) >= 11 is 0. The number of aromatic nitrogens is 1. The first kappa shape index (κ1) is 15.2. The molecule has 1 heterocycles. The summed E-state index contributed by atoms with van der Waals surface area (Å²) < 4.78 is 0. The molecule has 0 saturated heterocycles. The normalized spacial score (nSPS) is 19.0. The summed E-state index contributed by atoms with van der Waals surface area (Å²) in [5, 5.41) is 5.52. The van der Waals surface area contributed by atoms with Crippen LogP contribution in [-0.2, 0) is 27.8 Å². The van der Waals surface area contributed by atoms with Gasteiger partial charge in [0.2, 0.25) is 12.3 Å². The monoisotopic (exact) mass is 309 g/mol. The van der Waals surface area contributed by atoms with Crippen LogP contribution in [0, 0.1) is 0 Å². The highest BCUT2D eigenvalue weighted by Gasteiger charge is 2.36. The van der Waals surface area contributed by atoms with Crippen LogP contribution in [0.4, 0.5) is 11.5 Å². The van der Waals surface area contributed by atoms with E-state index in [0.717, 1.165) is 24.1 Å². The van der Waals surface area contributed by atoms with Gasteiger partial charge in [-0.25, -0.2) is 4.98 Å². The Morgan fingerprint density at radius 2 is 2.04 bits per heavy atom. The molecule has 1 aromatic carbocycles. The molecule has 5 heteroatoms. The smallest absolute Gasteiger partial charge is 0.222 e. The highest BCUT2D eigenvalue weighted by molar-refractivity contribution is 5.88. The number of rotatable bonds is 4. The lowest BCUT2D eigenvalue weighted by Gasteiger charge is -2.26. The van der Waals surface area contributed by atoms with Crippen LogP contribution in [0.5, 0.6) is 0 Å². The number of amides is 2. The van der Waals surface area contributed by atoms with Crippen molar-refractivity contribution >= 4 is 23.8 Å². The fraction of sp³-hybridized carbons (Fsp3) is 0.278. The molecular weight excluding hydrogens is 290 g/mol. The van der Waals surface area contributed by atoms with Gasteiger partial charge in [-0.3, -0.25) is 9.59 Å². The van der Waals surface area contributed by atoms with Gasteiger partial charge in [-0.05, 0) is 42.2 Å². The average Bonchev–Trinajstić information content (AvgIpc) is 2.84. The molecule has 0 fully saturated rings. The molecule has 2 aromatic rings. The lowest BCUT2D eigenvalue weighted by atomic mass is 9.80. The van der Waals surface area contributed by atoms with E-state index in [2.05, 4.69) is 28.6 Å². The maximum atomic E-state index is 11.4. The first-order valence-electron chi connectivity index (χ1n) is 7.57. The Bertz CT molecular complexity index is 773. The van der Waals surface area contributed by atoms with E-state index >= 15 is 0 Å². The third-order valence-electron chi connectivity index (χ3n) is 4.35. The molecule has 1 aromatic heterocycles. The third kappa shape index (κ3) is 2.95. The van der Waals surface area contributed by atoms with Crippen molar-refractivity contribution in [1.29, 1.82) is 0 Å². The van der Waals surface area contributed by atoms with E-state index in [9.17, 15) is 9.59 Å². The molecule has 0 saturated carbocycles. The number of anilines is 2. The standard InChI is InChI=1S/C18H19N3O2/c1-12(23)21-17-16(4-3-7-19-17)18(2)9-13-5-6-15(20-11-22)8-14(13)10-18/h3-8,11H,9-10H2,1-2H3,(H,20,22)(H,19,21,23). The molecule has 3 rings (SSSR count). The molecule has 0 bridgehead atoms. The molecule has 23 heavy (non-hydrogen) atoms. The maximum Gasteiger partial charge on any atom is 0.222 e. The lowest BCUT2D eigenvalue weighted by molar-refractivity contribution is -0.114. The molecule has 0 spiro atoms. The Balaban J connectivity index is 1.95. The fourth-order valence-electron chi connectivity index (χ4n) is 3.37. The van der Waals surface area contributed by atoms with Crippen LogP contribution in [0.1, 0.15) is 30.5 Å². The summed E-state index contributed by atoms with van der Waals surface area (Å²) in [6, 6.07) is 9.91. The Morgan fingerprint density at radius 3 is 2.78 bits per heavy atom. The lowest BCUT2D eigenvalue weighted by Crippen LogP contribution is -2.25. The van der Waals surface area contributed by atoms with Gasteiger partial charge in [-0.15, -0.1) is 0 Å². The van der Waals surface area contributed by atoms with Crippen molar-refractivity contribution in [2.24, 2.45) is 0 Å². The summed E-state index contributed by atoms with van der Waals surface area (Å²) in [4.78, 5) is 26.4. The van der Waals surface area contributed by atoms with E-state index in [-0.39, 0.29) is 11.3 Å². The highest BCUT2D eigenvalue weighted by atomic mass is 16.1. The number of pyridine rings is 1. The van der Waals surface area contributed by atoms with Crippen LogP contribution in [0.15, 0.2) is 36.5 Å². The molecule has 1 aliphatic rings. The van der Waals surface area contributed by atoms with Crippen LogP contribution >= 0.6 is 0 Å². The number of benzene rings is 1. The number of nitrogens with one attached hydrogen (secondary N) is 2.